The van der Waals surface area contributed by atoms with Gasteiger partial charge in [-0.25, -0.2) is 0 Å². The smallest absolute Gasteiger partial charge is 0.227 e. The standard InChI is InChI=1S/C34H49N2O2S/c1-3-5-6-7-8-9-10-11-12-13-14-15-25-38-33-22-18-31(19-23-33)28-36(34(37)4-2)32-20-16-30(17-21-32)27-35-24-26-39-29-35/h16-24,26,29H,3-15,25,27-28H2,1-2H3/q+1. The van der Waals surface area contributed by atoms with Crippen LogP contribution in [0.5, 0.6) is 5.75 Å². The average molecular weight is 550 g/mol. The Hall–Kier alpha value is -2.66. The Kier molecular flexibility index (Phi) is 14.7. The van der Waals surface area contributed by atoms with Gasteiger partial charge in [0.25, 0.3) is 0 Å². The van der Waals surface area contributed by atoms with E-state index in [2.05, 4.69) is 65.0 Å². The molecular weight excluding hydrogens is 500 g/mol. The summed E-state index contributed by atoms with van der Waals surface area (Å²) in [6.45, 7) is 6.37. The fourth-order valence-corrected chi connectivity index (χ4v) is 5.46. The van der Waals surface area contributed by atoms with Gasteiger partial charge in [-0.1, -0.05) is 120 Å². The van der Waals surface area contributed by atoms with Crippen LogP contribution in [-0.4, -0.2) is 12.5 Å². The van der Waals surface area contributed by atoms with Gasteiger partial charge in [0.2, 0.25) is 11.4 Å². The highest BCUT2D eigenvalue weighted by Crippen LogP contribution is 2.21. The molecule has 5 heteroatoms. The highest BCUT2D eigenvalue weighted by atomic mass is 32.1. The van der Waals surface area contributed by atoms with Gasteiger partial charge < -0.3 is 9.64 Å². The number of amides is 1. The van der Waals surface area contributed by atoms with Crippen molar-refractivity contribution in [1.29, 1.82) is 0 Å². The number of hydrogen-bond donors (Lipinski definition) is 0. The third-order valence-electron chi connectivity index (χ3n) is 7.27. The molecule has 212 valence electrons. The summed E-state index contributed by atoms with van der Waals surface area (Å²) in [6.07, 6.45) is 18.8. The predicted octanol–water partition coefficient (Wildman–Crippen LogP) is 9.11. The van der Waals surface area contributed by atoms with Crippen molar-refractivity contribution in [1.82, 2.24) is 0 Å². The van der Waals surface area contributed by atoms with E-state index in [0.29, 0.717) is 13.0 Å². The van der Waals surface area contributed by atoms with E-state index in [1.807, 2.05) is 24.0 Å². The molecule has 1 amide bonds. The Morgan fingerprint density at radius 1 is 0.769 bits per heavy atom. The van der Waals surface area contributed by atoms with Crippen LogP contribution in [0.15, 0.2) is 65.6 Å². The maximum absolute atomic E-state index is 12.8. The van der Waals surface area contributed by atoms with Gasteiger partial charge in [0.15, 0.2) is 12.7 Å². The zero-order valence-electron chi connectivity index (χ0n) is 24.3. The fraction of sp³-hybridized carbons (Fsp3) is 0.529. The van der Waals surface area contributed by atoms with Crippen molar-refractivity contribution in [2.45, 2.75) is 110 Å². The predicted molar refractivity (Wildman–Crippen MR) is 165 cm³/mol. The second-order valence-corrected chi connectivity index (χ2v) is 11.3. The maximum Gasteiger partial charge on any atom is 0.227 e. The molecule has 0 aliphatic heterocycles. The minimum absolute atomic E-state index is 0.127. The molecule has 39 heavy (non-hydrogen) atoms. The molecule has 0 bridgehead atoms. The first-order valence-electron chi connectivity index (χ1n) is 15.2. The van der Waals surface area contributed by atoms with Gasteiger partial charge >= 0.3 is 0 Å². The Balaban J connectivity index is 1.34. The van der Waals surface area contributed by atoms with Gasteiger partial charge in [-0.3, -0.25) is 4.79 Å². The molecule has 0 aliphatic carbocycles. The minimum Gasteiger partial charge on any atom is -0.494 e. The molecule has 0 saturated heterocycles. The van der Waals surface area contributed by atoms with Crippen LogP contribution in [0.25, 0.3) is 0 Å². The Morgan fingerprint density at radius 3 is 1.92 bits per heavy atom. The van der Waals surface area contributed by atoms with Crippen LogP contribution in [0.4, 0.5) is 5.69 Å². The molecule has 2 aromatic carbocycles. The van der Waals surface area contributed by atoms with Crippen molar-refractivity contribution >= 4 is 22.9 Å². The van der Waals surface area contributed by atoms with E-state index in [-0.39, 0.29) is 5.91 Å². The number of rotatable bonds is 20. The molecule has 0 unspecified atom stereocenters. The topological polar surface area (TPSA) is 33.4 Å². The minimum atomic E-state index is 0.127. The van der Waals surface area contributed by atoms with Gasteiger partial charge in [0.05, 0.1) is 18.5 Å². The zero-order valence-corrected chi connectivity index (χ0v) is 25.1. The van der Waals surface area contributed by atoms with Crippen LogP contribution in [-0.2, 0) is 17.9 Å². The van der Waals surface area contributed by atoms with E-state index in [1.54, 1.807) is 11.3 Å². The molecule has 1 heterocycles. The molecule has 4 nitrogen and oxygen atoms in total. The van der Waals surface area contributed by atoms with Crippen LogP contribution < -0.4 is 14.2 Å². The van der Waals surface area contributed by atoms with E-state index >= 15 is 0 Å². The van der Waals surface area contributed by atoms with Gasteiger partial charge in [-0.15, -0.1) is 0 Å². The number of aromatic nitrogens is 1. The lowest BCUT2D eigenvalue weighted by molar-refractivity contribution is -0.683. The number of nitrogens with zero attached hydrogens (tertiary/aromatic N) is 2. The molecule has 0 fully saturated rings. The van der Waals surface area contributed by atoms with Gasteiger partial charge in [-0.2, -0.15) is 4.57 Å². The van der Waals surface area contributed by atoms with Crippen molar-refractivity contribution in [3.63, 3.8) is 0 Å². The number of ether oxygens (including phenoxy) is 1. The lowest BCUT2D eigenvalue weighted by Crippen LogP contribution is -2.31. The molecular formula is C34H49N2O2S+. The first-order valence-corrected chi connectivity index (χ1v) is 16.2. The summed E-state index contributed by atoms with van der Waals surface area (Å²) in [4.78, 5) is 14.7. The van der Waals surface area contributed by atoms with Crippen molar-refractivity contribution in [2.75, 3.05) is 11.5 Å². The van der Waals surface area contributed by atoms with Crippen LogP contribution in [0, 0.1) is 0 Å². The average Bonchev–Trinajstić information content (AvgIpc) is 3.48. The molecule has 0 N–H and O–H groups in total. The molecule has 3 rings (SSSR count). The quantitative estimate of drug-likeness (QED) is 0.104. The first-order chi connectivity index (χ1) is 19.2. The Morgan fingerprint density at radius 2 is 1.36 bits per heavy atom. The maximum atomic E-state index is 12.8. The summed E-state index contributed by atoms with van der Waals surface area (Å²) >= 11 is 1.69. The zero-order chi connectivity index (χ0) is 27.5. The Bertz CT molecular complexity index is 1030. The third-order valence-corrected chi connectivity index (χ3v) is 7.95. The van der Waals surface area contributed by atoms with E-state index in [4.69, 9.17) is 4.74 Å². The lowest BCUT2D eigenvalue weighted by atomic mass is 10.1. The van der Waals surface area contributed by atoms with Crippen molar-refractivity contribution in [3.05, 3.63) is 76.7 Å². The molecule has 0 radical (unpaired) electrons. The number of hydrogen-bond acceptors (Lipinski definition) is 3. The molecule has 0 atom stereocenters. The summed E-state index contributed by atoms with van der Waals surface area (Å²) in [5, 5.41) is 2.08. The Labute approximate surface area is 241 Å². The van der Waals surface area contributed by atoms with Gasteiger partial charge in [0.1, 0.15) is 5.75 Å². The van der Waals surface area contributed by atoms with E-state index in [1.165, 1.54) is 76.2 Å². The van der Waals surface area contributed by atoms with Gasteiger partial charge in [-0.05, 0) is 36.2 Å². The summed E-state index contributed by atoms with van der Waals surface area (Å²) in [5.41, 5.74) is 5.37. The van der Waals surface area contributed by atoms with Crippen LogP contribution in [0.1, 0.15) is 108 Å². The highest BCUT2D eigenvalue weighted by Gasteiger charge is 2.15. The summed E-state index contributed by atoms with van der Waals surface area (Å²) in [5.74, 6) is 1.03. The normalized spacial score (nSPS) is 11.0. The van der Waals surface area contributed by atoms with Crippen molar-refractivity contribution < 1.29 is 14.1 Å². The monoisotopic (exact) mass is 549 g/mol. The largest absolute Gasteiger partial charge is 0.494 e. The van der Waals surface area contributed by atoms with Crippen LogP contribution in [0.2, 0.25) is 0 Å². The van der Waals surface area contributed by atoms with E-state index in [9.17, 15) is 4.79 Å². The fourth-order valence-electron chi connectivity index (χ4n) is 4.86. The van der Waals surface area contributed by atoms with E-state index in [0.717, 1.165) is 36.6 Å². The second kappa shape index (κ2) is 18.6. The summed E-state index contributed by atoms with van der Waals surface area (Å²) in [6, 6.07) is 16.6. The molecule has 3 aromatic rings. The highest BCUT2D eigenvalue weighted by molar-refractivity contribution is 7.07. The van der Waals surface area contributed by atoms with Crippen molar-refractivity contribution in [3.8, 4) is 5.75 Å². The summed E-state index contributed by atoms with van der Waals surface area (Å²) in [7, 11) is 0. The molecule has 0 aliphatic rings. The first kappa shape index (κ1) is 30.9. The number of thiazole rings is 1. The number of carbonyl (C=O) groups excluding carboxylic acids is 1. The molecule has 0 spiro atoms. The number of unbranched alkanes of at least 4 members (excludes halogenated alkanes) is 11. The molecule has 1 aromatic heterocycles. The lowest BCUT2D eigenvalue weighted by Gasteiger charge is -2.23. The number of anilines is 1. The van der Waals surface area contributed by atoms with Crippen LogP contribution >= 0.6 is 11.3 Å². The van der Waals surface area contributed by atoms with Crippen LogP contribution in [0.3, 0.4) is 0 Å². The number of benzene rings is 2. The second-order valence-electron chi connectivity index (χ2n) is 10.6. The summed E-state index contributed by atoms with van der Waals surface area (Å²) < 4.78 is 8.15. The van der Waals surface area contributed by atoms with Crippen molar-refractivity contribution in [2.24, 2.45) is 0 Å². The SMILES string of the molecule is CCCCCCCCCCCCCCOc1ccc(CN(C(=O)CC)c2ccc(C[n+]3ccsc3)cc2)cc1. The third kappa shape index (κ3) is 11.9. The van der Waals surface area contributed by atoms with Gasteiger partial charge in [0, 0.05) is 17.7 Å². The van der Waals surface area contributed by atoms with E-state index < -0.39 is 0 Å². The molecule has 0 saturated carbocycles. The number of carbonyl (C=O) groups is 1.